The molecule has 0 fully saturated rings. The fourth-order valence-electron chi connectivity index (χ4n) is 1.22. The number of hydrogen-bond acceptors (Lipinski definition) is 5. The molecule has 0 aliphatic carbocycles. The minimum absolute atomic E-state index is 0.104. The first-order valence-corrected chi connectivity index (χ1v) is 4.83. The lowest BCUT2D eigenvalue weighted by atomic mass is 10.1. The van der Waals surface area contributed by atoms with Gasteiger partial charge in [0.25, 0.3) is 17.4 Å². The zero-order chi connectivity index (χ0) is 15.7. The molecule has 0 aromatic carbocycles. The van der Waals surface area contributed by atoms with Crippen LogP contribution in [0.5, 0.6) is 5.88 Å². The van der Waals surface area contributed by atoms with E-state index in [0.29, 0.717) is 0 Å². The molecule has 0 aliphatic rings. The molecule has 110 valence electrons. The number of halogens is 6. The summed E-state index contributed by atoms with van der Waals surface area (Å²) in [6, 6.07) is 0. The van der Waals surface area contributed by atoms with Crippen molar-refractivity contribution in [2.45, 2.75) is 12.8 Å². The molecule has 0 aliphatic heterocycles. The largest absolute Gasteiger partial charge is 0.574 e. The van der Waals surface area contributed by atoms with Crippen LogP contribution >= 0.6 is 11.6 Å². The summed E-state index contributed by atoms with van der Waals surface area (Å²) in [6.45, 7) is 0. The number of pyridine rings is 1. The van der Waals surface area contributed by atoms with Gasteiger partial charge in [0.2, 0.25) is 5.88 Å². The van der Waals surface area contributed by atoms with Gasteiger partial charge in [-0.1, -0.05) is 0 Å². The van der Waals surface area contributed by atoms with Crippen molar-refractivity contribution in [2.75, 3.05) is 0 Å². The van der Waals surface area contributed by atoms with Crippen molar-refractivity contribution in [2.24, 2.45) is 0 Å². The van der Waals surface area contributed by atoms with Gasteiger partial charge in [-0.05, 0) is 11.6 Å². The molecule has 0 N–H and O–H groups in total. The topological polar surface area (TPSA) is 82.3 Å². The lowest BCUT2D eigenvalue weighted by Gasteiger charge is -2.11. The van der Waals surface area contributed by atoms with Crippen LogP contribution in [0.4, 0.5) is 27.6 Å². The molecule has 0 amide bonds. The lowest BCUT2D eigenvalue weighted by Crippen LogP contribution is -2.20. The molecule has 6 nitrogen and oxygen atoms in total. The van der Waals surface area contributed by atoms with E-state index >= 15 is 0 Å². The Balaban J connectivity index is 3.61. The van der Waals surface area contributed by atoms with Gasteiger partial charge in [0.15, 0.2) is 5.56 Å². The number of rotatable bonds is 4. The van der Waals surface area contributed by atoms with Crippen LogP contribution in [0.2, 0.25) is 0 Å². The molecule has 0 spiro atoms. The Kier molecular flexibility index (Phi) is 4.43. The van der Waals surface area contributed by atoms with Gasteiger partial charge in [0.05, 0.1) is 4.92 Å². The van der Waals surface area contributed by atoms with Crippen LogP contribution in [0, 0.1) is 10.1 Å². The van der Waals surface area contributed by atoms with Gasteiger partial charge < -0.3 is 4.74 Å². The third-order valence-electron chi connectivity index (χ3n) is 1.87. The predicted molar refractivity (Wildman–Crippen MR) is 52.7 cm³/mol. The molecule has 0 radical (unpaired) electrons. The van der Waals surface area contributed by atoms with Gasteiger partial charge in [0, 0.05) is 6.20 Å². The highest BCUT2D eigenvalue weighted by Gasteiger charge is 2.39. The normalized spacial score (nSPS) is 11.6. The summed E-state index contributed by atoms with van der Waals surface area (Å²) in [4.78, 5) is 23.0. The molecule has 0 atom stereocenters. The quantitative estimate of drug-likeness (QED) is 0.368. The zero-order valence-electron chi connectivity index (χ0n) is 8.95. The Morgan fingerprint density at radius 3 is 2.35 bits per heavy atom. The Labute approximate surface area is 111 Å². The van der Waals surface area contributed by atoms with Crippen LogP contribution in [-0.4, -0.2) is 21.5 Å². The average molecular weight is 321 g/mol. The third-order valence-corrected chi connectivity index (χ3v) is 2.06. The summed E-state index contributed by atoms with van der Waals surface area (Å²) >= 11 is 4.89. The van der Waals surface area contributed by atoms with Crippen LogP contribution in [0.1, 0.15) is 22.3 Å². The van der Waals surface area contributed by atoms with E-state index in [9.17, 15) is 36.9 Å². The average Bonchev–Trinajstić information content (AvgIpc) is 2.24. The minimum Gasteiger partial charge on any atom is -0.387 e. The van der Waals surface area contributed by atoms with Crippen molar-refractivity contribution in [3.63, 3.8) is 0 Å². The molecule has 0 saturated carbocycles. The first-order chi connectivity index (χ1) is 9.04. The maximum absolute atomic E-state index is 12.5. The molecule has 0 saturated heterocycles. The first-order valence-electron chi connectivity index (χ1n) is 4.45. The van der Waals surface area contributed by atoms with Gasteiger partial charge in [-0.15, -0.1) is 13.2 Å². The third kappa shape index (κ3) is 3.50. The summed E-state index contributed by atoms with van der Waals surface area (Å²) in [5, 5.41) is 8.88. The number of ether oxygens (including phenoxy) is 1. The summed E-state index contributed by atoms with van der Waals surface area (Å²) < 4.78 is 64.5. The van der Waals surface area contributed by atoms with Crippen molar-refractivity contribution in [3.05, 3.63) is 27.4 Å². The standard InChI is InChI=1S/C8H2ClF5N2O4/c9-5(17)3-4(16(18)19)2(6(10)11)1-15-7(3)20-8(12,13)14/h1,6H. The van der Waals surface area contributed by atoms with Crippen LogP contribution in [0.25, 0.3) is 0 Å². The molecule has 1 aromatic rings. The highest BCUT2D eigenvalue weighted by molar-refractivity contribution is 6.68. The molecule has 1 heterocycles. The van der Waals surface area contributed by atoms with Crippen LogP contribution in [0.15, 0.2) is 6.20 Å². The summed E-state index contributed by atoms with van der Waals surface area (Å²) in [5.41, 5.74) is -4.44. The number of carbonyl (C=O) groups excluding carboxylic acids is 1. The van der Waals surface area contributed by atoms with Gasteiger partial charge in [-0.25, -0.2) is 13.8 Å². The molecule has 0 unspecified atom stereocenters. The smallest absolute Gasteiger partial charge is 0.387 e. The fourth-order valence-corrected chi connectivity index (χ4v) is 1.39. The molecule has 0 bridgehead atoms. The van der Waals surface area contributed by atoms with Crippen LogP contribution < -0.4 is 4.74 Å². The summed E-state index contributed by atoms with van der Waals surface area (Å²) in [5.74, 6) is -1.58. The zero-order valence-corrected chi connectivity index (χ0v) is 9.71. The molecule has 1 aromatic heterocycles. The second-order valence-electron chi connectivity index (χ2n) is 3.12. The van der Waals surface area contributed by atoms with Crippen molar-refractivity contribution in [1.29, 1.82) is 0 Å². The van der Waals surface area contributed by atoms with E-state index in [1.807, 2.05) is 0 Å². The van der Waals surface area contributed by atoms with Gasteiger partial charge in [-0.2, -0.15) is 0 Å². The lowest BCUT2D eigenvalue weighted by molar-refractivity contribution is -0.386. The van der Waals surface area contributed by atoms with Crippen molar-refractivity contribution in [1.82, 2.24) is 4.98 Å². The SMILES string of the molecule is O=C(Cl)c1c(OC(F)(F)F)ncc(C(F)F)c1[N+](=O)[O-]. The van der Waals surface area contributed by atoms with Crippen molar-refractivity contribution in [3.8, 4) is 5.88 Å². The second-order valence-corrected chi connectivity index (χ2v) is 3.46. The van der Waals surface area contributed by atoms with Crippen molar-refractivity contribution < 1.29 is 36.4 Å². The van der Waals surface area contributed by atoms with E-state index in [2.05, 4.69) is 9.72 Å². The van der Waals surface area contributed by atoms with Gasteiger partial charge in [0.1, 0.15) is 5.56 Å². The number of nitrogens with zero attached hydrogens (tertiary/aromatic N) is 2. The highest BCUT2D eigenvalue weighted by atomic mass is 35.5. The first kappa shape index (κ1) is 16.0. The molecular formula is C8H2ClF5N2O4. The minimum atomic E-state index is -5.34. The Morgan fingerprint density at radius 1 is 1.45 bits per heavy atom. The van der Waals surface area contributed by atoms with E-state index in [0.717, 1.165) is 0 Å². The maximum Gasteiger partial charge on any atom is 0.574 e. The molecule has 1 rings (SSSR count). The second kappa shape index (κ2) is 5.53. The number of hydrogen-bond donors (Lipinski definition) is 0. The Bertz CT molecular complexity index is 563. The van der Waals surface area contributed by atoms with Gasteiger partial charge >= 0.3 is 6.36 Å². The summed E-state index contributed by atoms with van der Waals surface area (Å²) in [6.07, 6.45) is -8.68. The fraction of sp³-hybridized carbons (Fsp3) is 0.250. The van der Waals surface area contributed by atoms with E-state index < -0.39 is 45.6 Å². The highest BCUT2D eigenvalue weighted by Crippen LogP contribution is 2.38. The van der Waals surface area contributed by atoms with E-state index in [-0.39, 0.29) is 6.20 Å². The molecule has 20 heavy (non-hydrogen) atoms. The van der Waals surface area contributed by atoms with Crippen LogP contribution in [-0.2, 0) is 0 Å². The predicted octanol–water partition coefficient (Wildman–Crippen LogP) is 3.21. The Morgan fingerprint density at radius 2 is 2.00 bits per heavy atom. The van der Waals surface area contributed by atoms with Crippen molar-refractivity contribution >= 4 is 22.5 Å². The number of aromatic nitrogens is 1. The van der Waals surface area contributed by atoms with E-state index in [1.165, 1.54) is 0 Å². The Hall–Kier alpha value is -2.04. The number of alkyl halides is 5. The monoisotopic (exact) mass is 320 g/mol. The summed E-state index contributed by atoms with van der Waals surface area (Å²) in [7, 11) is 0. The number of nitro groups is 1. The molecule has 12 heteroatoms. The van der Waals surface area contributed by atoms with E-state index in [1.54, 1.807) is 0 Å². The van der Waals surface area contributed by atoms with Gasteiger partial charge in [-0.3, -0.25) is 14.9 Å². The van der Waals surface area contributed by atoms with Crippen LogP contribution in [0.3, 0.4) is 0 Å². The number of carbonyl (C=O) groups is 1. The maximum atomic E-state index is 12.5. The molecular weight excluding hydrogens is 319 g/mol. The van der Waals surface area contributed by atoms with E-state index in [4.69, 9.17) is 11.6 Å².